The van der Waals surface area contributed by atoms with Gasteiger partial charge >= 0.3 is 0 Å². The summed E-state index contributed by atoms with van der Waals surface area (Å²) in [6.07, 6.45) is 0.965. The number of benzene rings is 1. The van der Waals surface area contributed by atoms with Crippen molar-refractivity contribution >= 4 is 5.91 Å². The Bertz CT molecular complexity index is 604. The van der Waals surface area contributed by atoms with Gasteiger partial charge in [0.2, 0.25) is 5.91 Å². The van der Waals surface area contributed by atoms with Gasteiger partial charge in [-0.25, -0.2) is 8.78 Å². The van der Waals surface area contributed by atoms with Crippen LogP contribution < -0.4 is 5.32 Å². The van der Waals surface area contributed by atoms with Gasteiger partial charge in [0.15, 0.2) is 0 Å². The number of aliphatic hydroxyl groups is 1. The van der Waals surface area contributed by atoms with Crippen molar-refractivity contribution in [3.05, 3.63) is 59.6 Å². The molecule has 112 valence electrons. The third-order valence-corrected chi connectivity index (χ3v) is 3.08. The molecule has 1 unspecified atom stereocenters. The van der Waals surface area contributed by atoms with Crippen LogP contribution in [0.5, 0.6) is 0 Å². The molecule has 1 aromatic heterocycles. The van der Waals surface area contributed by atoms with E-state index in [-0.39, 0.29) is 12.1 Å². The van der Waals surface area contributed by atoms with E-state index in [0.717, 1.165) is 12.1 Å². The van der Waals surface area contributed by atoms with Gasteiger partial charge in [-0.3, -0.25) is 4.79 Å². The number of rotatable bonds is 5. The molecule has 0 bridgehead atoms. The molecule has 2 rings (SSSR count). The second-order valence-corrected chi connectivity index (χ2v) is 4.90. The van der Waals surface area contributed by atoms with Gasteiger partial charge in [-0.2, -0.15) is 0 Å². The van der Waals surface area contributed by atoms with Crippen molar-refractivity contribution in [1.29, 1.82) is 0 Å². The maximum absolute atomic E-state index is 13.4. The first-order valence-corrected chi connectivity index (χ1v) is 6.36. The minimum Gasteiger partial charge on any atom is -0.466 e. The first kappa shape index (κ1) is 15.2. The Hall–Kier alpha value is -2.21. The summed E-state index contributed by atoms with van der Waals surface area (Å²) in [6.45, 7) is 1.34. The first-order chi connectivity index (χ1) is 9.90. The van der Waals surface area contributed by atoms with Gasteiger partial charge < -0.3 is 14.8 Å². The zero-order valence-corrected chi connectivity index (χ0v) is 11.4. The van der Waals surface area contributed by atoms with Gasteiger partial charge in [-0.05, 0) is 31.2 Å². The van der Waals surface area contributed by atoms with Crippen LogP contribution in [0.4, 0.5) is 8.78 Å². The second-order valence-electron chi connectivity index (χ2n) is 4.90. The van der Waals surface area contributed by atoms with Gasteiger partial charge in [0.05, 0.1) is 19.2 Å². The number of carbonyl (C=O) groups is 1. The highest BCUT2D eigenvalue weighted by Gasteiger charge is 2.27. The number of hydrogen-bond acceptors (Lipinski definition) is 3. The summed E-state index contributed by atoms with van der Waals surface area (Å²) in [4.78, 5) is 11.7. The average molecular weight is 295 g/mol. The van der Waals surface area contributed by atoms with Gasteiger partial charge in [-0.15, -0.1) is 0 Å². The largest absolute Gasteiger partial charge is 0.466 e. The molecule has 2 aromatic rings. The van der Waals surface area contributed by atoms with Crippen molar-refractivity contribution in [1.82, 2.24) is 5.32 Å². The summed E-state index contributed by atoms with van der Waals surface area (Å²) in [5, 5.41) is 12.6. The standard InChI is InChI=1S/C15H15F2NO3/c1-15(20,13-6-3-7-21-13)9-18-14(19)8-10-11(16)4-2-5-12(10)17/h2-7,20H,8-9H2,1H3,(H,18,19). The van der Waals surface area contributed by atoms with Crippen molar-refractivity contribution in [2.45, 2.75) is 18.9 Å². The van der Waals surface area contributed by atoms with Gasteiger partial charge in [-0.1, -0.05) is 6.07 Å². The Morgan fingerprint density at radius 3 is 2.52 bits per heavy atom. The molecule has 1 amide bonds. The van der Waals surface area contributed by atoms with E-state index in [4.69, 9.17) is 4.42 Å². The van der Waals surface area contributed by atoms with Crippen molar-refractivity contribution in [3.63, 3.8) is 0 Å². The predicted octanol–water partition coefficient (Wildman–Crippen LogP) is 2.12. The first-order valence-electron chi connectivity index (χ1n) is 6.36. The molecule has 1 aromatic carbocycles. The summed E-state index contributed by atoms with van der Waals surface area (Å²) in [5.41, 5.74) is -1.69. The molecule has 6 heteroatoms. The number of halogens is 2. The maximum atomic E-state index is 13.4. The van der Waals surface area contributed by atoms with E-state index in [9.17, 15) is 18.7 Å². The molecule has 0 aliphatic rings. The lowest BCUT2D eigenvalue weighted by Gasteiger charge is -2.21. The lowest BCUT2D eigenvalue weighted by Crippen LogP contribution is -2.39. The van der Waals surface area contributed by atoms with Crippen LogP contribution in [0.25, 0.3) is 0 Å². The average Bonchev–Trinajstić information content (AvgIpc) is 2.96. The normalized spacial score (nSPS) is 13.7. The lowest BCUT2D eigenvalue weighted by molar-refractivity contribution is -0.121. The van der Waals surface area contributed by atoms with Crippen molar-refractivity contribution in [2.75, 3.05) is 6.54 Å². The Kier molecular flexibility index (Phi) is 4.37. The SMILES string of the molecule is CC(O)(CNC(=O)Cc1c(F)cccc1F)c1ccco1. The van der Waals surface area contributed by atoms with Crippen LogP contribution in [-0.2, 0) is 16.8 Å². The molecular formula is C15H15F2NO3. The number of furan rings is 1. The Morgan fingerprint density at radius 1 is 1.29 bits per heavy atom. The topological polar surface area (TPSA) is 62.5 Å². The molecule has 0 fully saturated rings. The van der Waals surface area contributed by atoms with Gasteiger partial charge in [0.25, 0.3) is 0 Å². The van der Waals surface area contributed by atoms with Crippen molar-refractivity contribution in [2.24, 2.45) is 0 Å². The number of carbonyl (C=O) groups excluding carboxylic acids is 1. The lowest BCUT2D eigenvalue weighted by atomic mass is 10.0. The molecule has 0 aliphatic carbocycles. The van der Waals surface area contributed by atoms with Gasteiger partial charge in [0.1, 0.15) is 23.0 Å². The molecule has 1 atom stereocenters. The zero-order chi connectivity index (χ0) is 15.5. The molecule has 0 aliphatic heterocycles. The predicted molar refractivity (Wildman–Crippen MR) is 71.4 cm³/mol. The summed E-state index contributed by atoms with van der Waals surface area (Å²) in [7, 11) is 0. The molecule has 2 N–H and O–H groups in total. The smallest absolute Gasteiger partial charge is 0.224 e. The van der Waals surface area contributed by atoms with Crippen LogP contribution in [0.1, 0.15) is 18.2 Å². The third kappa shape index (κ3) is 3.66. The van der Waals surface area contributed by atoms with E-state index in [1.54, 1.807) is 12.1 Å². The van der Waals surface area contributed by atoms with Crippen molar-refractivity contribution in [3.8, 4) is 0 Å². The minimum absolute atomic E-state index is 0.130. The number of hydrogen-bond donors (Lipinski definition) is 2. The molecule has 0 saturated heterocycles. The van der Waals surface area contributed by atoms with Crippen LogP contribution in [0.3, 0.4) is 0 Å². The Balaban J connectivity index is 1.97. The fraction of sp³-hybridized carbons (Fsp3) is 0.267. The highest BCUT2D eigenvalue weighted by Crippen LogP contribution is 2.20. The Labute approximate surface area is 120 Å². The van der Waals surface area contributed by atoms with Gasteiger partial charge in [0, 0.05) is 5.56 Å². The fourth-order valence-electron chi connectivity index (χ4n) is 1.87. The monoisotopic (exact) mass is 295 g/mol. The third-order valence-electron chi connectivity index (χ3n) is 3.08. The number of nitrogens with one attached hydrogen (secondary N) is 1. The van der Waals surface area contributed by atoms with E-state index >= 15 is 0 Å². The summed E-state index contributed by atoms with van der Waals surface area (Å²) in [5.74, 6) is -1.85. The summed E-state index contributed by atoms with van der Waals surface area (Å²) in [6, 6.07) is 6.59. The maximum Gasteiger partial charge on any atom is 0.224 e. The quantitative estimate of drug-likeness (QED) is 0.888. The molecular weight excluding hydrogens is 280 g/mol. The van der Waals surface area contributed by atoms with E-state index in [2.05, 4.69) is 5.32 Å². The van der Waals surface area contributed by atoms with Crippen LogP contribution in [-0.4, -0.2) is 17.6 Å². The summed E-state index contributed by atoms with van der Waals surface area (Å²) < 4.78 is 31.9. The zero-order valence-electron chi connectivity index (χ0n) is 11.4. The van der Waals surface area contributed by atoms with E-state index in [0.29, 0.717) is 5.76 Å². The second kappa shape index (κ2) is 6.05. The van der Waals surface area contributed by atoms with Crippen LogP contribution in [0.2, 0.25) is 0 Å². The van der Waals surface area contributed by atoms with Crippen molar-refractivity contribution < 1.29 is 23.1 Å². The highest BCUT2D eigenvalue weighted by molar-refractivity contribution is 5.78. The molecule has 0 radical (unpaired) electrons. The molecule has 21 heavy (non-hydrogen) atoms. The Morgan fingerprint density at radius 2 is 1.95 bits per heavy atom. The van der Waals surface area contributed by atoms with Crippen LogP contribution in [0, 0.1) is 11.6 Å². The van der Waals surface area contributed by atoms with Crippen LogP contribution in [0.15, 0.2) is 41.0 Å². The minimum atomic E-state index is -1.40. The van der Waals surface area contributed by atoms with Crippen LogP contribution >= 0.6 is 0 Å². The fourth-order valence-corrected chi connectivity index (χ4v) is 1.87. The highest BCUT2D eigenvalue weighted by atomic mass is 19.1. The molecule has 0 spiro atoms. The van der Waals surface area contributed by atoms with E-state index in [1.807, 2.05) is 0 Å². The molecule has 0 saturated carbocycles. The van der Waals surface area contributed by atoms with E-state index in [1.165, 1.54) is 19.3 Å². The molecule has 1 heterocycles. The summed E-state index contributed by atoms with van der Waals surface area (Å²) >= 11 is 0. The number of amides is 1. The van der Waals surface area contributed by atoms with E-state index < -0.39 is 29.6 Å². The molecule has 4 nitrogen and oxygen atoms in total.